The highest BCUT2D eigenvalue weighted by Crippen LogP contribution is 2.24. The molecule has 0 saturated heterocycles. The number of aromatic nitrogens is 3. The predicted molar refractivity (Wildman–Crippen MR) is 111 cm³/mol. The number of carbonyl (C=O) groups is 1. The standard InChI is InChI=1S/C22H21N5O/c1-15(20-12-16-8-6-7-11-19(16)26-20)27(2)21(28)17-13-23-22(24-14-17)25-18-9-4-3-5-10-18/h3-15,26H,1-2H3,(H,23,24,25). The number of nitrogens with one attached hydrogen (secondary N) is 2. The molecule has 0 aliphatic heterocycles. The van der Waals surface area contributed by atoms with Gasteiger partial charge < -0.3 is 15.2 Å². The van der Waals surface area contributed by atoms with Crippen LogP contribution < -0.4 is 5.32 Å². The summed E-state index contributed by atoms with van der Waals surface area (Å²) in [7, 11) is 1.79. The third-order valence-corrected chi connectivity index (χ3v) is 4.83. The molecule has 140 valence electrons. The second-order valence-corrected chi connectivity index (χ2v) is 6.69. The van der Waals surface area contributed by atoms with E-state index in [-0.39, 0.29) is 11.9 Å². The molecule has 0 saturated carbocycles. The first kappa shape index (κ1) is 17.7. The first-order valence-corrected chi connectivity index (χ1v) is 9.11. The van der Waals surface area contributed by atoms with Gasteiger partial charge in [-0.1, -0.05) is 36.4 Å². The number of hydrogen-bond acceptors (Lipinski definition) is 4. The second-order valence-electron chi connectivity index (χ2n) is 6.69. The fourth-order valence-electron chi connectivity index (χ4n) is 3.06. The Bertz CT molecular complexity index is 1060. The summed E-state index contributed by atoms with van der Waals surface area (Å²) in [6.07, 6.45) is 3.10. The molecule has 0 bridgehead atoms. The summed E-state index contributed by atoms with van der Waals surface area (Å²) >= 11 is 0. The van der Waals surface area contributed by atoms with Crippen molar-refractivity contribution in [2.45, 2.75) is 13.0 Å². The molecular weight excluding hydrogens is 350 g/mol. The normalized spacial score (nSPS) is 11.9. The van der Waals surface area contributed by atoms with Crippen LogP contribution in [0.1, 0.15) is 29.0 Å². The number of rotatable bonds is 5. The number of benzene rings is 2. The molecule has 0 spiro atoms. The van der Waals surface area contributed by atoms with E-state index in [0.29, 0.717) is 11.5 Å². The summed E-state index contributed by atoms with van der Waals surface area (Å²) in [5.41, 5.74) is 3.39. The highest BCUT2D eigenvalue weighted by Gasteiger charge is 2.21. The Hall–Kier alpha value is -3.67. The number of carbonyl (C=O) groups excluding carboxylic acids is 1. The van der Waals surface area contributed by atoms with E-state index in [9.17, 15) is 4.79 Å². The summed E-state index contributed by atoms with van der Waals surface area (Å²) in [6, 6.07) is 19.7. The minimum atomic E-state index is -0.127. The van der Waals surface area contributed by atoms with E-state index in [0.717, 1.165) is 22.3 Å². The smallest absolute Gasteiger partial charge is 0.257 e. The van der Waals surface area contributed by atoms with Gasteiger partial charge in [0.2, 0.25) is 5.95 Å². The van der Waals surface area contributed by atoms with Crippen molar-refractivity contribution in [3.8, 4) is 0 Å². The highest BCUT2D eigenvalue weighted by atomic mass is 16.2. The lowest BCUT2D eigenvalue weighted by atomic mass is 10.1. The van der Waals surface area contributed by atoms with E-state index in [4.69, 9.17) is 0 Å². The number of H-pyrrole nitrogens is 1. The quantitative estimate of drug-likeness (QED) is 0.540. The van der Waals surface area contributed by atoms with Gasteiger partial charge in [-0.2, -0.15) is 0 Å². The molecule has 6 heteroatoms. The molecule has 2 N–H and O–H groups in total. The van der Waals surface area contributed by atoms with Crippen molar-refractivity contribution in [2.75, 3.05) is 12.4 Å². The number of hydrogen-bond donors (Lipinski definition) is 2. The van der Waals surface area contributed by atoms with Crippen molar-refractivity contribution < 1.29 is 4.79 Å². The van der Waals surface area contributed by atoms with Gasteiger partial charge in [0, 0.05) is 36.3 Å². The zero-order chi connectivity index (χ0) is 19.5. The van der Waals surface area contributed by atoms with Crippen molar-refractivity contribution in [1.82, 2.24) is 19.9 Å². The average Bonchev–Trinajstić information content (AvgIpc) is 3.18. The molecule has 2 heterocycles. The van der Waals surface area contributed by atoms with Crippen LogP contribution in [0.3, 0.4) is 0 Å². The zero-order valence-electron chi connectivity index (χ0n) is 15.8. The molecule has 28 heavy (non-hydrogen) atoms. The molecule has 1 amide bonds. The second kappa shape index (κ2) is 7.52. The summed E-state index contributed by atoms with van der Waals surface area (Å²) in [5.74, 6) is 0.325. The number of nitrogens with zero attached hydrogens (tertiary/aromatic N) is 3. The van der Waals surface area contributed by atoms with Crippen molar-refractivity contribution in [3.63, 3.8) is 0 Å². The van der Waals surface area contributed by atoms with Gasteiger partial charge in [-0.05, 0) is 36.6 Å². The maximum atomic E-state index is 12.9. The molecular formula is C22H21N5O. The van der Waals surface area contributed by atoms with Crippen LogP contribution in [0.25, 0.3) is 10.9 Å². The van der Waals surface area contributed by atoms with Crippen molar-refractivity contribution in [3.05, 3.63) is 84.3 Å². The van der Waals surface area contributed by atoms with E-state index in [1.807, 2.05) is 55.5 Å². The summed E-state index contributed by atoms with van der Waals surface area (Å²) < 4.78 is 0. The third kappa shape index (κ3) is 3.57. The van der Waals surface area contributed by atoms with Crippen LogP contribution >= 0.6 is 0 Å². The van der Waals surface area contributed by atoms with Crippen LogP contribution in [0, 0.1) is 0 Å². The van der Waals surface area contributed by atoms with E-state index in [1.165, 1.54) is 0 Å². The largest absolute Gasteiger partial charge is 0.357 e. The van der Waals surface area contributed by atoms with Gasteiger partial charge in [-0.15, -0.1) is 0 Å². The van der Waals surface area contributed by atoms with E-state index >= 15 is 0 Å². The van der Waals surface area contributed by atoms with Gasteiger partial charge in [0.25, 0.3) is 5.91 Å². The maximum Gasteiger partial charge on any atom is 0.257 e. The van der Waals surface area contributed by atoms with E-state index in [2.05, 4.69) is 32.4 Å². The monoisotopic (exact) mass is 371 g/mol. The Morgan fingerprint density at radius 3 is 2.43 bits per heavy atom. The lowest BCUT2D eigenvalue weighted by Crippen LogP contribution is -2.30. The van der Waals surface area contributed by atoms with E-state index < -0.39 is 0 Å². The summed E-state index contributed by atoms with van der Waals surface area (Å²) in [6.45, 7) is 1.99. The zero-order valence-corrected chi connectivity index (χ0v) is 15.8. The van der Waals surface area contributed by atoms with Crippen LogP contribution in [-0.2, 0) is 0 Å². The van der Waals surface area contributed by atoms with Crippen molar-refractivity contribution in [1.29, 1.82) is 0 Å². The number of anilines is 2. The highest BCUT2D eigenvalue weighted by molar-refractivity contribution is 5.94. The SMILES string of the molecule is CC(c1cc2ccccc2[nH]1)N(C)C(=O)c1cnc(Nc2ccccc2)nc1. The molecule has 0 aliphatic carbocycles. The molecule has 0 aliphatic rings. The fraction of sp³-hybridized carbons (Fsp3) is 0.136. The maximum absolute atomic E-state index is 12.9. The molecule has 6 nitrogen and oxygen atoms in total. The van der Waals surface area contributed by atoms with Gasteiger partial charge in [0.1, 0.15) is 0 Å². The minimum Gasteiger partial charge on any atom is -0.357 e. The molecule has 1 unspecified atom stereocenters. The average molecular weight is 371 g/mol. The molecule has 2 aromatic heterocycles. The number of aromatic amines is 1. The lowest BCUT2D eigenvalue weighted by molar-refractivity contribution is 0.0739. The predicted octanol–water partition coefficient (Wildman–Crippen LogP) is 4.53. The molecule has 4 rings (SSSR count). The Balaban J connectivity index is 1.48. The van der Waals surface area contributed by atoms with Crippen LogP contribution in [0.2, 0.25) is 0 Å². The van der Waals surface area contributed by atoms with Crippen LogP contribution in [0.4, 0.5) is 11.6 Å². The third-order valence-electron chi connectivity index (χ3n) is 4.83. The number of para-hydroxylation sites is 2. The topological polar surface area (TPSA) is 73.9 Å². The molecule has 4 aromatic rings. The van der Waals surface area contributed by atoms with Crippen molar-refractivity contribution >= 4 is 28.4 Å². The summed E-state index contributed by atoms with van der Waals surface area (Å²) in [5, 5.41) is 4.24. The van der Waals surface area contributed by atoms with Crippen LogP contribution in [0.5, 0.6) is 0 Å². The summed E-state index contributed by atoms with van der Waals surface area (Å²) in [4.78, 5) is 26.5. The lowest BCUT2D eigenvalue weighted by Gasteiger charge is -2.24. The Kier molecular flexibility index (Phi) is 4.76. The minimum absolute atomic E-state index is 0.109. The van der Waals surface area contributed by atoms with Gasteiger partial charge in [0.15, 0.2) is 0 Å². The molecule has 2 aromatic carbocycles. The molecule has 0 radical (unpaired) electrons. The Morgan fingerprint density at radius 1 is 1.04 bits per heavy atom. The first-order valence-electron chi connectivity index (χ1n) is 9.11. The number of fused-ring (bicyclic) bond motifs is 1. The molecule has 0 fully saturated rings. The molecule has 1 atom stereocenters. The fourth-order valence-corrected chi connectivity index (χ4v) is 3.06. The van der Waals surface area contributed by atoms with E-state index in [1.54, 1.807) is 24.3 Å². The van der Waals surface area contributed by atoms with Gasteiger partial charge in [0.05, 0.1) is 11.6 Å². The first-order chi connectivity index (χ1) is 13.6. The van der Waals surface area contributed by atoms with Crippen molar-refractivity contribution in [2.24, 2.45) is 0 Å². The van der Waals surface area contributed by atoms with Gasteiger partial charge >= 0.3 is 0 Å². The number of amides is 1. The Labute approximate surface area is 163 Å². The van der Waals surface area contributed by atoms with Gasteiger partial charge in [-0.3, -0.25) is 4.79 Å². The van der Waals surface area contributed by atoms with Crippen LogP contribution in [0.15, 0.2) is 73.1 Å². The van der Waals surface area contributed by atoms with Crippen LogP contribution in [-0.4, -0.2) is 32.8 Å². The Morgan fingerprint density at radius 2 is 1.71 bits per heavy atom. The van der Waals surface area contributed by atoms with Gasteiger partial charge in [-0.25, -0.2) is 9.97 Å².